The second-order valence-electron chi connectivity index (χ2n) is 12.1. The summed E-state index contributed by atoms with van der Waals surface area (Å²) < 4.78 is 5.52. The van der Waals surface area contributed by atoms with Crippen LogP contribution in [0.15, 0.2) is 66.0 Å². The van der Waals surface area contributed by atoms with Crippen LogP contribution >= 0.6 is 0 Å². The number of aliphatic hydroxyl groups excluding tert-OH is 2. The molecule has 1 heterocycles. The molecule has 0 spiro atoms. The van der Waals surface area contributed by atoms with Gasteiger partial charge in [-0.15, -0.1) is 0 Å². The average molecular weight is 534 g/mol. The van der Waals surface area contributed by atoms with Crippen molar-refractivity contribution in [3.8, 4) is 0 Å². The van der Waals surface area contributed by atoms with Gasteiger partial charge in [-0.2, -0.15) is 0 Å². The van der Waals surface area contributed by atoms with Gasteiger partial charge >= 0.3 is 5.97 Å². The summed E-state index contributed by atoms with van der Waals surface area (Å²) in [7, 11) is 4.00. The van der Waals surface area contributed by atoms with Crippen molar-refractivity contribution in [2.24, 2.45) is 22.7 Å². The lowest BCUT2D eigenvalue weighted by Gasteiger charge is -2.59. The molecule has 2 fully saturated rings. The molecule has 2 aliphatic carbocycles. The Balaban J connectivity index is 1.47. The Morgan fingerprint density at radius 3 is 2.64 bits per heavy atom. The summed E-state index contributed by atoms with van der Waals surface area (Å²) in [6.45, 7) is 10.1. The number of cyclic esters (lactones) is 1. The van der Waals surface area contributed by atoms with Gasteiger partial charge in [0.25, 0.3) is 0 Å². The summed E-state index contributed by atoms with van der Waals surface area (Å²) in [6.07, 6.45) is 10.2. The number of carbonyl (C=O) groups excluding carboxylic acids is 1. The highest BCUT2D eigenvalue weighted by atomic mass is 16.5. The highest BCUT2D eigenvalue weighted by Gasteiger charge is 2.57. The summed E-state index contributed by atoms with van der Waals surface area (Å²) in [6, 6.07) is 7.57. The van der Waals surface area contributed by atoms with Gasteiger partial charge in [0.05, 0.1) is 18.3 Å². The Hall–Kier alpha value is -3.00. The van der Waals surface area contributed by atoms with E-state index in [1.807, 2.05) is 57.4 Å². The molecule has 4 N–H and O–H groups in total. The zero-order valence-corrected chi connectivity index (χ0v) is 23.7. The quantitative estimate of drug-likeness (QED) is 0.172. The number of allylic oxidation sites excluding steroid dienone is 3. The van der Waals surface area contributed by atoms with Crippen molar-refractivity contribution in [3.63, 3.8) is 0 Å². The van der Waals surface area contributed by atoms with Gasteiger partial charge in [-0.1, -0.05) is 62.4 Å². The van der Waals surface area contributed by atoms with E-state index in [0.717, 1.165) is 42.5 Å². The Morgan fingerprint density at radius 1 is 1.26 bits per heavy atom. The highest BCUT2D eigenvalue weighted by molar-refractivity contribution is 5.97. The van der Waals surface area contributed by atoms with Crippen LogP contribution in [0.5, 0.6) is 0 Å². The van der Waals surface area contributed by atoms with Crippen molar-refractivity contribution in [2.75, 3.05) is 33.8 Å². The number of nitrogens with zero attached hydrogens (tertiary/aromatic N) is 1. The van der Waals surface area contributed by atoms with Crippen LogP contribution in [0.2, 0.25) is 0 Å². The number of ether oxygens (including phenoxy) is 1. The molecule has 2 unspecified atom stereocenters. The number of benzene rings is 1. The SMILES string of the molecule is C=C1CCC2[C@](C)(CC[C@@H](O)[C@@]2(C)CO)C1/C=C/C1=CC(=C\c2ccc(C(=N)NCCN(C)C)cc2)/OC1=O. The predicted octanol–water partition coefficient (Wildman–Crippen LogP) is 4.29. The van der Waals surface area contributed by atoms with Crippen molar-refractivity contribution >= 4 is 17.9 Å². The lowest BCUT2D eigenvalue weighted by molar-refractivity contribution is -0.145. The molecular weight excluding hydrogens is 490 g/mol. The maximum Gasteiger partial charge on any atom is 0.343 e. The lowest BCUT2D eigenvalue weighted by atomic mass is 9.46. The average Bonchev–Trinajstić information content (AvgIpc) is 3.24. The molecule has 0 aromatic heterocycles. The molecule has 1 aromatic carbocycles. The van der Waals surface area contributed by atoms with Gasteiger partial charge in [0.1, 0.15) is 11.6 Å². The number of carbonyl (C=O) groups is 1. The van der Waals surface area contributed by atoms with Crippen LogP contribution in [0.25, 0.3) is 6.08 Å². The number of hydrogen-bond donors (Lipinski definition) is 4. The molecule has 0 saturated heterocycles. The fraction of sp³-hybridized carbons (Fsp3) is 0.500. The van der Waals surface area contributed by atoms with Crippen LogP contribution in [0.3, 0.4) is 0 Å². The molecule has 5 atom stereocenters. The fourth-order valence-electron chi connectivity index (χ4n) is 6.70. The zero-order chi connectivity index (χ0) is 28.4. The van der Waals surface area contributed by atoms with Crippen molar-refractivity contribution < 1.29 is 19.7 Å². The molecule has 39 heavy (non-hydrogen) atoms. The van der Waals surface area contributed by atoms with E-state index in [2.05, 4.69) is 29.8 Å². The maximum absolute atomic E-state index is 12.7. The lowest BCUT2D eigenvalue weighted by Crippen LogP contribution is -2.57. The number of fused-ring (bicyclic) bond motifs is 1. The first-order valence-electron chi connectivity index (χ1n) is 13.9. The minimum Gasteiger partial charge on any atom is -0.423 e. The Morgan fingerprint density at radius 2 is 1.97 bits per heavy atom. The first-order valence-corrected chi connectivity index (χ1v) is 13.9. The standard InChI is InChI=1S/C32H43N3O4/c1-21-6-13-27-31(2,15-14-28(37)32(27,3)20-36)26(21)12-11-24-19-25(39-30(24)38)18-22-7-9-23(10-8-22)29(33)34-16-17-35(4)5/h7-12,18-19,26-28,36-37H,1,6,13-17,20H2,2-5H3,(H2,33,34)/b12-11+,25-18+/t26?,27?,28-,31-,32+/m1/s1. The van der Waals surface area contributed by atoms with Crippen molar-refractivity contribution in [2.45, 2.75) is 45.6 Å². The third-order valence-electron chi connectivity index (χ3n) is 9.14. The van der Waals surface area contributed by atoms with Crippen LogP contribution in [0.1, 0.15) is 50.7 Å². The number of likely N-dealkylation sites (N-methyl/N-ethyl adjacent to an activating group) is 1. The molecule has 7 nitrogen and oxygen atoms in total. The zero-order valence-electron chi connectivity index (χ0n) is 23.7. The summed E-state index contributed by atoms with van der Waals surface area (Å²) >= 11 is 0. The number of nitrogens with one attached hydrogen (secondary N) is 2. The van der Waals surface area contributed by atoms with Crippen molar-refractivity contribution in [1.82, 2.24) is 10.2 Å². The molecular formula is C32H43N3O4. The highest BCUT2D eigenvalue weighted by Crippen LogP contribution is 2.61. The second-order valence-corrected chi connectivity index (χ2v) is 12.1. The summed E-state index contributed by atoms with van der Waals surface area (Å²) in [5, 5.41) is 32.3. The van der Waals surface area contributed by atoms with E-state index in [-0.39, 0.29) is 29.8 Å². The van der Waals surface area contributed by atoms with Crippen LogP contribution in [0, 0.1) is 28.1 Å². The van der Waals surface area contributed by atoms with Gasteiger partial charge in [-0.25, -0.2) is 4.79 Å². The van der Waals surface area contributed by atoms with Crippen LogP contribution in [-0.2, 0) is 9.53 Å². The number of esters is 1. The van der Waals surface area contributed by atoms with Crippen LogP contribution in [0.4, 0.5) is 0 Å². The van der Waals surface area contributed by atoms with E-state index in [4.69, 9.17) is 10.1 Å². The molecule has 210 valence electrons. The largest absolute Gasteiger partial charge is 0.423 e. The van der Waals surface area contributed by atoms with Gasteiger partial charge in [0.2, 0.25) is 0 Å². The number of rotatable bonds is 8. The Kier molecular flexibility index (Phi) is 8.64. The number of hydrogen-bond acceptors (Lipinski definition) is 6. The molecule has 0 bridgehead atoms. The van der Waals surface area contributed by atoms with Gasteiger partial charge in [0, 0.05) is 30.0 Å². The van der Waals surface area contributed by atoms with Gasteiger partial charge in [-0.3, -0.25) is 5.41 Å². The van der Waals surface area contributed by atoms with Crippen LogP contribution in [-0.4, -0.2) is 66.8 Å². The van der Waals surface area contributed by atoms with Gasteiger partial charge in [0.15, 0.2) is 0 Å². The number of amidine groups is 1. The third-order valence-corrected chi connectivity index (χ3v) is 9.14. The molecule has 7 heteroatoms. The minimum absolute atomic E-state index is 0.0436. The fourth-order valence-corrected chi connectivity index (χ4v) is 6.70. The van der Waals surface area contributed by atoms with E-state index >= 15 is 0 Å². The predicted molar refractivity (Wildman–Crippen MR) is 155 cm³/mol. The van der Waals surface area contributed by atoms with Gasteiger partial charge < -0.3 is 25.2 Å². The maximum atomic E-state index is 12.7. The molecule has 1 aromatic rings. The van der Waals surface area contributed by atoms with E-state index in [9.17, 15) is 15.0 Å². The monoisotopic (exact) mass is 533 g/mol. The van der Waals surface area contributed by atoms with Crippen molar-refractivity contribution in [1.29, 1.82) is 5.41 Å². The normalized spacial score (nSPS) is 31.9. The van der Waals surface area contributed by atoms with Crippen molar-refractivity contribution in [3.05, 3.63) is 77.1 Å². The Bertz CT molecular complexity index is 1200. The second kappa shape index (κ2) is 11.6. The van der Waals surface area contributed by atoms with E-state index in [0.29, 0.717) is 30.1 Å². The topological polar surface area (TPSA) is 106 Å². The first kappa shape index (κ1) is 29.0. The molecule has 1 aliphatic heterocycles. The molecule has 2 saturated carbocycles. The minimum atomic E-state index is -0.544. The van der Waals surface area contributed by atoms with Crippen LogP contribution < -0.4 is 5.32 Å². The van der Waals surface area contributed by atoms with E-state index in [1.165, 1.54) is 0 Å². The first-order chi connectivity index (χ1) is 18.5. The Labute approximate surface area is 232 Å². The van der Waals surface area contributed by atoms with E-state index < -0.39 is 11.5 Å². The molecule has 3 aliphatic rings. The summed E-state index contributed by atoms with van der Waals surface area (Å²) in [5.74, 6) is 0.676. The third kappa shape index (κ3) is 5.96. The van der Waals surface area contributed by atoms with Gasteiger partial charge in [-0.05, 0) is 68.8 Å². The smallest absolute Gasteiger partial charge is 0.343 e. The summed E-state index contributed by atoms with van der Waals surface area (Å²) in [5.41, 5.74) is 2.60. The molecule has 0 amide bonds. The molecule has 0 radical (unpaired) electrons. The number of aliphatic hydroxyl groups is 2. The summed E-state index contributed by atoms with van der Waals surface area (Å²) in [4.78, 5) is 14.7. The molecule has 4 rings (SSSR count). The van der Waals surface area contributed by atoms with E-state index in [1.54, 1.807) is 6.08 Å².